The SMILES string of the molecule is Nc1ccc2c(c1)CCC2NC(=O)c1cccc(F)c1Cl. The molecule has 0 saturated carbocycles. The van der Waals surface area contributed by atoms with Crippen molar-refractivity contribution in [2.75, 3.05) is 5.73 Å². The second-order valence-electron chi connectivity index (χ2n) is 5.12. The van der Waals surface area contributed by atoms with Crippen molar-refractivity contribution in [2.24, 2.45) is 0 Å². The molecule has 1 amide bonds. The summed E-state index contributed by atoms with van der Waals surface area (Å²) in [5.41, 5.74) is 8.83. The third-order valence-electron chi connectivity index (χ3n) is 3.75. The van der Waals surface area contributed by atoms with Crippen LogP contribution in [0.4, 0.5) is 10.1 Å². The molecule has 0 aromatic heterocycles. The first-order valence-corrected chi connectivity index (χ1v) is 7.07. The Morgan fingerprint density at radius 2 is 2.14 bits per heavy atom. The quantitative estimate of drug-likeness (QED) is 0.835. The van der Waals surface area contributed by atoms with Gasteiger partial charge < -0.3 is 11.1 Å². The third-order valence-corrected chi connectivity index (χ3v) is 4.13. The van der Waals surface area contributed by atoms with Crippen LogP contribution in [0.25, 0.3) is 0 Å². The third kappa shape index (κ3) is 2.59. The summed E-state index contributed by atoms with van der Waals surface area (Å²) in [6, 6.07) is 9.80. The minimum absolute atomic E-state index is 0.0903. The standard InChI is InChI=1S/C16H14ClFN2O/c17-15-12(2-1-3-13(15)18)16(21)20-14-7-4-9-8-10(19)5-6-11(9)14/h1-3,5-6,8,14H,4,7,19H2,(H,20,21). The minimum Gasteiger partial charge on any atom is -0.399 e. The highest BCUT2D eigenvalue weighted by Gasteiger charge is 2.25. The number of nitrogens with two attached hydrogens (primary N) is 1. The normalized spacial score (nSPS) is 16.6. The number of nitrogens with one attached hydrogen (secondary N) is 1. The summed E-state index contributed by atoms with van der Waals surface area (Å²) >= 11 is 5.84. The van der Waals surface area contributed by atoms with Crippen molar-refractivity contribution in [1.82, 2.24) is 5.32 Å². The number of nitrogen functional groups attached to an aromatic ring is 1. The lowest BCUT2D eigenvalue weighted by Crippen LogP contribution is -2.27. The number of halogens is 2. The van der Waals surface area contributed by atoms with Crippen LogP contribution in [-0.4, -0.2) is 5.91 Å². The molecule has 3 nitrogen and oxygen atoms in total. The Morgan fingerprint density at radius 1 is 1.33 bits per heavy atom. The van der Waals surface area contributed by atoms with Crippen LogP contribution >= 0.6 is 11.6 Å². The van der Waals surface area contributed by atoms with E-state index in [1.54, 1.807) is 0 Å². The van der Waals surface area contributed by atoms with Gasteiger partial charge in [0.25, 0.3) is 5.91 Å². The fourth-order valence-electron chi connectivity index (χ4n) is 2.70. The monoisotopic (exact) mass is 304 g/mol. The van der Waals surface area contributed by atoms with E-state index in [0.717, 1.165) is 24.0 Å². The number of amides is 1. The second kappa shape index (κ2) is 5.37. The maximum Gasteiger partial charge on any atom is 0.253 e. The lowest BCUT2D eigenvalue weighted by Gasteiger charge is -2.15. The lowest BCUT2D eigenvalue weighted by molar-refractivity contribution is 0.0936. The van der Waals surface area contributed by atoms with E-state index >= 15 is 0 Å². The van der Waals surface area contributed by atoms with Gasteiger partial charge in [0.1, 0.15) is 5.82 Å². The Morgan fingerprint density at radius 3 is 2.95 bits per heavy atom. The van der Waals surface area contributed by atoms with E-state index in [4.69, 9.17) is 17.3 Å². The Kier molecular flexibility index (Phi) is 3.55. The van der Waals surface area contributed by atoms with Gasteiger partial charge in [-0.15, -0.1) is 0 Å². The molecule has 2 aromatic carbocycles. The summed E-state index contributed by atoms with van der Waals surface area (Å²) in [4.78, 5) is 12.3. The maximum atomic E-state index is 13.4. The second-order valence-corrected chi connectivity index (χ2v) is 5.50. The number of benzene rings is 2. The van der Waals surface area contributed by atoms with E-state index < -0.39 is 5.82 Å². The van der Waals surface area contributed by atoms with Gasteiger partial charge in [-0.1, -0.05) is 23.7 Å². The molecule has 0 spiro atoms. The van der Waals surface area contributed by atoms with Crippen LogP contribution in [0, 0.1) is 5.82 Å². The van der Waals surface area contributed by atoms with Gasteiger partial charge in [-0.3, -0.25) is 4.79 Å². The molecule has 1 atom stereocenters. The molecule has 1 aliphatic carbocycles. The molecule has 1 aliphatic rings. The summed E-state index contributed by atoms with van der Waals surface area (Å²) in [6.45, 7) is 0. The summed E-state index contributed by atoms with van der Waals surface area (Å²) in [7, 11) is 0. The van der Waals surface area contributed by atoms with Crippen molar-refractivity contribution in [3.8, 4) is 0 Å². The van der Waals surface area contributed by atoms with E-state index in [9.17, 15) is 9.18 Å². The van der Waals surface area contributed by atoms with E-state index in [2.05, 4.69) is 5.32 Å². The zero-order chi connectivity index (χ0) is 15.0. The van der Waals surface area contributed by atoms with Gasteiger partial charge in [-0.05, 0) is 48.2 Å². The average Bonchev–Trinajstić information content (AvgIpc) is 2.84. The molecule has 0 aliphatic heterocycles. The number of carbonyl (C=O) groups is 1. The van der Waals surface area contributed by atoms with Crippen molar-refractivity contribution in [2.45, 2.75) is 18.9 Å². The lowest BCUT2D eigenvalue weighted by atomic mass is 10.1. The molecular weight excluding hydrogens is 291 g/mol. The van der Waals surface area contributed by atoms with Gasteiger partial charge in [0.05, 0.1) is 16.6 Å². The van der Waals surface area contributed by atoms with Crippen molar-refractivity contribution < 1.29 is 9.18 Å². The number of rotatable bonds is 2. The number of aryl methyl sites for hydroxylation is 1. The number of hydrogen-bond acceptors (Lipinski definition) is 2. The highest BCUT2D eigenvalue weighted by Crippen LogP contribution is 2.33. The van der Waals surface area contributed by atoms with Crippen LogP contribution in [-0.2, 0) is 6.42 Å². The van der Waals surface area contributed by atoms with Gasteiger partial charge in [0.2, 0.25) is 0 Å². The maximum absolute atomic E-state index is 13.4. The van der Waals surface area contributed by atoms with Crippen LogP contribution in [0.2, 0.25) is 5.02 Å². The first-order chi connectivity index (χ1) is 10.1. The molecule has 0 fully saturated rings. The molecule has 21 heavy (non-hydrogen) atoms. The van der Waals surface area contributed by atoms with Gasteiger partial charge in [0, 0.05) is 5.69 Å². The topological polar surface area (TPSA) is 55.1 Å². The van der Waals surface area contributed by atoms with Crippen molar-refractivity contribution in [3.05, 3.63) is 63.9 Å². The van der Waals surface area contributed by atoms with Crippen LogP contribution in [0.3, 0.4) is 0 Å². The molecule has 5 heteroatoms. The van der Waals surface area contributed by atoms with E-state index in [0.29, 0.717) is 5.69 Å². The highest BCUT2D eigenvalue weighted by molar-refractivity contribution is 6.34. The Balaban J connectivity index is 1.83. The Hall–Kier alpha value is -2.07. The first-order valence-electron chi connectivity index (χ1n) is 6.69. The van der Waals surface area contributed by atoms with Crippen LogP contribution in [0.1, 0.15) is 33.9 Å². The fourth-order valence-corrected chi connectivity index (χ4v) is 2.91. The van der Waals surface area contributed by atoms with Gasteiger partial charge in [-0.2, -0.15) is 0 Å². The highest BCUT2D eigenvalue weighted by atomic mass is 35.5. The van der Waals surface area contributed by atoms with E-state index in [-0.39, 0.29) is 22.5 Å². The number of anilines is 1. The summed E-state index contributed by atoms with van der Waals surface area (Å²) < 4.78 is 13.4. The molecule has 3 N–H and O–H groups in total. The van der Waals surface area contributed by atoms with E-state index in [1.165, 1.54) is 18.2 Å². The Bertz CT molecular complexity index is 717. The van der Waals surface area contributed by atoms with Crippen molar-refractivity contribution in [1.29, 1.82) is 0 Å². The molecule has 3 rings (SSSR count). The van der Waals surface area contributed by atoms with Gasteiger partial charge in [0.15, 0.2) is 0 Å². The van der Waals surface area contributed by atoms with E-state index in [1.807, 2.05) is 18.2 Å². The molecule has 2 aromatic rings. The molecule has 1 unspecified atom stereocenters. The predicted octanol–water partition coefficient (Wildman–Crippen LogP) is 3.48. The van der Waals surface area contributed by atoms with Crippen LogP contribution in [0.15, 0.2) is 36.4 Å². The number of carbonyl (C=O) groups excluding carboxylic acids is 1. The minimum atomic E-state index is -0.594. The summed E-state index contributed by atoms with van der Waals surface area (Å²) in [5.74, 6) is -0.960. The first kappa shape index (κ1) is 13.9. The number of hydrogen-bond donors (Lipinski definition) is 2. The molecule has 108 valence electrons. The smallest absolute Gasteiger partial charge is 0.253 e. The summed E-state index contributed by atoms with van der Waals surface area (Å²) in [6.07, 6.45) is 1.67. The zero-order valence-electron chi connectivity index (χ0n) is 11.2. The molecule has 0 saturated heterocycles. The van der Waals surface area contributed by atoms with Gasteiger partial charge in [-0.25, -0.2) is 4.39 Å². The van der Waals surface area contributed by atoms with Crippen LogP contribution < -0.4 is 11.1 Å². The molecule has 0 bridgehead atoms. The Labute approximate surface area is 126 Å². The largest absolute Gasteiger partial charge is 0.399 e. The number of fused-ring (bicyclic) bond motifs is 1. The van der Waals surface area contributed by atoms with Crippen molar-refractivity contribution in [3.63, 3.8) is 0 Å². The molecular formula is C16H14ClFN2O. The van der Waals surface area contributed by atoms with Gasteiger partial charge >= 0.3 is 0 Å². The van der Waals surface area contributed by atoms with Crippen molar-refractivity contribution >= 4 is 23.2 Å². The predicted molar refractivity (Wildman–Crippen MR) is 80.8 cm³/mol. The average molecular weight is 305 g/mol. The van der Waals surface area contributed by atoms with Crippen LogP contribution in [0.5, 0.6) is 0 Å². The molecule has 0 radical (unpaired) electrons. The fraction of sp³-hybridized carbons (Fsp3) is 0.188. The molecule has 0 heterocycles. The zero-order valence-corrected chi connectivity index (χ0v) is 12.0. The summed E-state index contributed by atoms with van der Waals surface area (Å²) in [5, 5.41) is 2.76.